The number of nitrogens with zero attached hydrogens (tertiary/aromatic N) is 1. The molecule has 3 rings (SSSR count). The van der Waals surface area contributed by atoms with Crippen molar-refractivity contribution in [2.45, 2.75) is 17.9 Å². The summed E-state index contributed by atoms with van der Waals surface area (Å²) < 4.78 is 28.5. The fourth-order valence-electron chi connectivity index (χ4n) is 2.97. The van der Waals surface area contributed by atoms with E-state index in [1.807, 2.05) is 18.2 Å². The molecule has 0 saturated carbocycles. The maximum atomic E-state index is 12.9. The number of hydrogen-bond donors (Lipinski definition) is 2. The second-order valence-corrected chi connectivity index (χ2v) is 7.75. The molecule has 134 valence electrons. The first-order valence-corrected chi connectivity index (χ1v) is 9.61. The highest BCUT2D eigenvalue weighted by Crippen LogP contribution is 2.30. The molecule has 1 saturated heterocycles. The molecule has 1 amide bonds. The van der Waals surface area contributed by atoms with Crippen LogP contribution in [0.4, 0.5) is 0 Å². The Bertz CT molecular complexity index is 910. The van der Waals surface area contributed by atoms with Crippen LogP contribution in [-0.4, -0.2) is 38.9 Å². The minimum absolute atomic E-state index is 0.0551. The fourth-order valence-corrected chi connectivity index (χ4v) is 3.94. The summed E-state index contributed by atoms with van der Waals surface area (Å²) in [4.78, 5) is 14.4. The number of amides is 1. The normalized spacial score (nSPS) is 18.4. The summed E-state index contributed by atoms with van der Waals surface area (Å²) in [7, 11) is -3.95. The van der Waals surface area contributed by atoms with Crippen LogP contribution in [0.5, 0.6) is 0 Å². The maximum absolute atomic E-state index is 12.9. The minimum atomic E-state index is -3.95. The Morgan fingerprint density at radius 3 is 2.76 bits per heavy atom. The van der Waals surface area contributed by atoms with Crippen molar-refractivity contribution >= 4 is 27.5 Å². The molecule has 0 spiro atoms. The van der Waals surface area contributed by atoms with Crippen LogP contribution in [0.2, 0.25) is 5.02 Å². The molecule has 2 heterocycles. The molecular formula is C16H18ClN3O4S. The zero-order valence-electron chi connectivity index (χ0n) is 13.5. The quantitative estimate of drug-likeness (QED) is 0.838. The Labute approximate surface area is 150 Å². The molecule has 1 atom stereocenters. The minimum Gasteiger partial charge on any atom is -0.455 e. The highest BCUT2D eigenvalue weighted by atomic mass is 35.5. The van der Waals surface area contributed by atoms with E-state index < -0.39 is 15.9 Å². The molecule has 0 radical (unpaired) electrons. The summed E-state index contributed by atoms with van der Waals surface area (Å²) in [6.07, 6.45) is 0. The maximum Gasteiger partial charge on any atom is 0.290 e. The average Bonchev–Trinajstić information content (AvgIpc) is 2.97. The molecule has 1 fully saturated rings. The zero-order valence-corrected chi connectivity index (χ0v) is 15.1. The molecule has 7 nitrogen and oxygen atoms in total. The monoisotopic (exact) mass is 383 g/mol. The van der Waals surface area contributed by atoms with Crippen molar-refractivity contribution in [2.75, 3.05) is 19.6 Å². The SMILES string of the molecule is Cc1oc(C(=O)N2CCNCC2c2ccccc2Cl)cc1S(N)(=O)=O. The van der Waals surface area contributed by atoms with Crippen LogP contribution in [0.25, 0.3) is 0 Å². The van der Waals surface area contributed by atoms with E-state index in [0.29, 0.717) is 24.7 Å². The van der Waals surface area contributed by atoms with Gasteiger partial charge in [-0.3, -0.25) is 4.79 Å². The Balaban J connectivity index is 1.96. The van der Waals surface area contributed by atoms with Crippen molar-refractivity contribution in [2.24, 2.45) is 5.14 Å². The largest absolute Gasteiger partial charge is 0.455 e. The Morgan fingerprint density at radius 2 is 2.12 bits per heavy atom. The van der Waals surface area contributed by atoms with E-state index in [1.165, 1.54) is 13.0 Å². The van der Waals surface area contributed by atoms with Crippen LogP contribution >= 0.6 is 11.6 Å². The summed E-state index contributed by atoms with van der Waals surface area (Å²) >= 11 is 6.28. The van der Waals surface area contributed by atoms with Crippen molar-refractivity contribution in [1.82, 2.24) is 10.2 Å². The fraction of sp³-hybridized carbons (Fsp3) is 0.312. The third kappa shape index (κ3) is 3.57. The first-order valence-electron chi connectivity index (χ1n) is 7.68. The number of nitrogens with one attached hydrogen (secondary N) is 1. The number of halogens is 1. The number of carbonyl (C=O) groups excluding carboxylic acids is 1. The van der Waals surface area contributed by atoms with E-state index in [1.54, 1.807) is 11.0 Å². The number of sulfonamides is 1. The van der Waals surface area contributed by atoms with Crippen molar-refractivity contribution in [3.63, 3.8) is 0 Å². The smallest absolute Gasteiger partial charge is 0.290 e. The number of aryl methyl sites for hydroxylation is 1. The van der Waals surface area contributed by atoms with Gasteiger partial charge < -0.3 is 14.6 Å². The van der Waals surface area contributed by atoms with Crippen LogP contribution in [0.15, 0.2) is 39.6 Å². The number of furan rings is 1. The van der Waals surface area contributed by atoms with Crippen molar-refractivity contribution in [3.8, 4) is 0 Å². The molecule has 1 aromatic carbocycles. The number of carbonyl (C=O) groups is 1. The predicted octanol–water partition coefficient (Wildman–Crippen LogP) is 1.68. The van der Waals surface area contributed by atoms with Gasteiger partial charge in [-0.1, -0.05) is 29.8 Å². The Kier molecular flexibility index (Phi) is 4.88. The lowest BCUT2D eigenvalue weighted by atomic mass is 10.0. The van der Waals surface area contributed by atoms with Gasteiger partial charge in [0.25, 0.3) is 5.91 Å². The first kappa shape index (κ1) is 17.9. The van der Waals surface area contributed by atoms with Gasteiger partial charge in [0.2, 0.25) is 10.0 Å². The molecule has 9 heteroatoms. The van der Waals surface area contributed by atoms with Gasteiger partial charge in [-0.25, -0.2) is 13.6 Å². The van der Waals surface area contributed by atoms with Crippen molar-refractivity contribution < 1.29 is 17.6 Å². The summed E-state index contributed by atoms with van der Waals surface area (Å²) in [5.41, 5.74) is 0.819. The summed E-state index contributed by atoms with van der Waals surface area (Å²) in [6, 6.07) is 8.21. The van der Waals surface area contributed by atoms with E-state index in [2.05, 4.69) is 5.32 Å². The van der Waals surface area contributed by atoms with Gasteiger partial charge in [-0.15, -0.1) is 0 Å². The van der Waals surface area contributed by atoms with Crippen LogP contribution < -0.4 is 10.5 Å². The number of piperazine rings is 1. The number of primary sulfonamides is 1. The zero-order chi connectivity index (χ0) is 18.2. The first-order chi connectivity index (χ1) is 11.8. The number of benzene rings is 1. The predicted molar refractivity (Wildman–Crippen MR) is 92.9 cm³/mol. The second-order valence-electron chi connectivity index (χ2n) is 5.82. The van der Waals surface area contributed by atoms with Gasteiger partial charge in [0.15, 0.2) is 5.76 Å². The Morgan fingerprint density at radius 1 is 1.40 bits per heavy atom. The molecule has 1 aliphatic heterocycles. The highest BCUT2D eigenvalue weighted by molar-refractivity contribution is 7.89. The molecule has 1 unspecified atom stereocenters. The third-order valence-corrected chi connectivity index (χ3v) is 5.52. The lowest BCUT2D eigenvalue weighted by Gasteiger charge is -2.36. The van der Waals surface area contributed by atoms with E-state index in [9.17, 15) is 13.2 Å². The summed E-state index contributed by atoms with van der Waals surface area (Å²) in [6.45, 7) is 3.06. The van der Waals surface area contributed by atoms with Gasteiger partial charge in [-0.05, 0) is 18.6 Å². The summed E-state index contributed by atoms with van der Waals surface area (Å²) in [5.74, 6) is -0.361. The van der Waals surface area contributed by atoms with Gasteiger partial charge in [0.1, 0.15) is 10.7 Å². The van der Waals surface area contributed by atoms with E-state index in [4.69, 9.17) is 21.2 Å². The third-order valence-electron chi connectivity index (χ3n) is 4.16. The molecule has 2 aromatic rings. The van der Waals surface area contributed by atoms with Crippen molar-refractivity contribution in [3.05, 3.63) is 52.4 Å². The van der Waals surface area contributed by atoms with E-state index in [0.717, 1.165) is 5.56 Å². The average molecular weight is 384 g/mol. The molecule has 3 N–H and O–H groups in total. The lowest BCUT2D eigenvalue weighted by molar-refractivity contribution is 0.0600. The summed E-state index contributed by atoms with van der Waals surface area (Å²) in [5, 5.41) is 8.95. The second kappa shape index (κ2) is 6.80. The number of hydrogen-bond acceptors (Lipinski definition) is 5. The van der Waals surface area contributed by atoms with Crippen LogP contribution in [0.1, 0.15) is 27.9 Å². The van der Waals surface area contributed by atoms with Crippen LogP contribution in [0, 0.1) is 6.92 Å². The van der Waals surface area contributed by atoms with Crippen molar-refractivity contribution in [1.29, 1.82) is 0 Å². The Hall–Kier alpha value is -1.87. The molecule has 1 aliphatic rings. The van der Waals surface area contributed by atoms with Gasteiger partial charge in [0, 0.05) is 30.7 Å². The lowest BCUT2D eigenvalue weighted by Crippen LogP contribution is -2.48. The molecular weight excluding hydrogens is 366 g/mol. The van der Waals surface area contributed by atoms with E-state index in [-0.39, 0.29) is 22.5 Å². The standard InChI is InChI=1S/C16H18ClN3O4S/c1-10-15(25(18,22)23)8-14(24-10)16(21)20-7-6-19-9-13(20)11-4-2-3-5-12(11)17/h2-5,8,13,19H,6-7,9H2,1H3,(H2,18,22,23). The van der Waals surface area contributed by atoms with Gasteiger partial charge in [0.05, 0.1) is 6.04 Å². The molecule has 0 bridgehead atoms. The number of nitrogens with two attached hydrogens (primary N) is 1. The molecule has 0 aliphatic carbocycles. The van der Waals surface area contributed by atoms with Gasteiger partial charge >= 0.3 is 0 Å². The molecule has 25 heavy (non-hydrogen) atoms. The van der Waals surface area contributed by atoms with E-state index >= 15 is 0 Å². The van der Waals surface area contributed by atoms with Crippen LogP contribution in [-0.2, 0) is 10.0 Å². The topological polar surface area (TPSA) is 106 Å². The van der Waals surface area contributed by atoms with Gasteiger partial charge in [-0.2, -0.15) is 0 Å². The number of rotatable bonds is 3. The van der Waals surface area contributed by atoms with Crippen LogP contribution in [0.3, 0.4) is 0 Å². The highest BCUT2D eigenvalue weighted by Gasteiger charge is 2.32. The molecule has 1 aromatic heterocycles.